The SMILES string of the molecule is Cn1c(CCCCCCc2ccccc2O)c(C(=O)CCCC(=O)O)c2cc(Cl)ccc21. The maximum atomic E-state index is 13.0. The summed E-state index contributed by atoms with van der Waals surface area (Å²) in [7, 11) is 1.97. The highest BCUT2D eigenvalue weighted by atomic mass is 35.5. The van der Waals surface area contributed by atoms with Gasteiger partial charge in [0, 0.05) is 47.1 Å². The van der Waals surface area contributed by atoms with Crippen LogP contribution >= 0.6 is 11.6 Å². The van der Waals surface area contributed by atoms with Crippen LogP contribution in [0.15, 0.2) is 42.5 Å². The quantitative estimate of drug-likeness (QED) is 0.247. The van der Waals surface area contributed by atoms with Gasteiger partial charge < -0.3 is 14.8 Å². The molecule has 2 N–H and O–H groups in total. The minimum Gasteiger partial charge on any atom is -0.508 e. The zero-order valence-electron chi connectivity index (χ0n) is 18.4. The molecule has 0 amide bonds. The van der Waals surface area contributed by atoms with Crippen molar-refractivity contribution in [2.24, 2.45) is 7.05 Å². The number of aliphatic carboxylic acids is 1. The molecule has 0 fully saturated rings. The lowest BCUT2D eigenvalue weighted by Gasteiger charge is -2.08. The summed E-state index contributed by atoms with van der Waals surface area (Å²) in [6.07, 6.45) is 6.20. The summed E-state index contributed by atoms with van der Waals surface area (Å²) in [5.74, 6) is -0.552. The third kappa shape index (κ3) is 5.92. The number of benzene rings is 2. The topological polar surface area (TPSA) is 79.5 Å². The minimum absolute atomic E-state index is 0.0104. The highest BCUT2D eigenvalue weighted by molar-refractivity contribution is 6.31. The first-order chi connectivity index (χ1) is 15.4. The van der Waals surface area contributed by atoms with E-state index < -0.39 is 5.97 Å². The second-order valence-electron chi connectivity index (χ2n) is 8.26. The van der Waals surface area contributed by atoms with Gasteiger partial charge in [-0.25, -0.2) is 0 Å². The monoisotopic (exact) mass is 455 g/mol. The zero-order valence-corrected chi connectivity index (χ0v) is 19.2. The van der Waals surface area contributed by atoms with Crippen molar-refractivity contribution in [1.29, 1.82) is 0 Å². The van der Waals surface area contributed by atoms with E-state index in [2.05, 4.69) is 4.57 Å². The Hall–Kier alpha value is -2.79. The van der Waals surface area contributed by atoms with Crippen molar-refractivity contribution < 1.29 is 19.8 Å². The standard InChI is InChI=1S/C26H30ClNO4/c1-28-21-16-15-19(27)17-20(21)26(24(30)13-8-14-25(31)32)22(28)11-5-3-2-4-9-18-10-6-7-12-23(18)29/h6-7,10,12,15-17,29H,2-5,8-9,11,13-14H2,1H3,(H,31,32). The number of hydrogen-bond donors (Lipinski definition) is 2. The Morgan fingerprint density at radius 3 is 2.38 bits per heavy atom. The third-order valence-electron chi connectivity index (χ3n) is 5.96. The van der Waals surface area contributed by atoms with Crippen LogP contribution in [0.4, 0.5) is 0 Å². The smallest absolute Gasteiger partial charge is 0.303 e. The van der Waals surface area contributed by atoms with E-state index in [1.807, 2.05) is 43.4 Å². The first-order valence-electron chi connectivity index (χ1n) is 11.2. The Bertz CT molecular complexity index is 1100. The molecule has 2 aromatic carbocycles. The van der Waals surface area contributed by atoms with Crippen LogP contribution in [0.1, 0.15) is 66.6 Å². The molecule has 32 heavy (non-hydrogen) atoms. The molecule has 0 unspecified atom stereocenters. The number of carbonyl (C=O) groups is 2. The number of carboxylic acid groups (broad SMARTS) is 1. The molecule has 5 nitrogen and oxygen atoms in total. The van der Waals surface area contributed by atoms with E-state index in [9.17, 15) is 14.7 Å². The van der Waals surface area contributed by atoms with Gasteiger partial charge in [0.15, 0.2) is 5.78 Å². The number of unbranched alkanes of at least 4 members (excludes halogenated alkanes) is 3. The fraction of sp³-hybridized carbons (Fsp3) is 0.385. The average molecular weight is 456 g/mol. The van der Waals surface area contributed by atoms with Gasteiger partial charge in [-0.05, 0) is 61.9 Å². The number of Topliss-reactive ketones (excluding diaryl/α,β-unsaturated/α-hetero) is 1. The normalized spacial score (nSPS) is 11.2. The second-order valence-corrected chi connectivity index (χ2v) is 8.69. The highest BCUT2D eigenvalue weighted by Crippen LogP contribution is 2.31. The summed E-state index contributed by atoms with van der Waals surface area (Å²) in [4.78, 5) is 23.9. The number of para-hydroxylation sites is 1. The molecule has 0 aliphatic heterocycles. The molecule has 3 aromatic rings. The summed E-state index contributed by atoms with van der Waals surface area (Å²) >= 11 is 6.21. The number of aromatic hydroxyl groups is 1. The Morgan fingerprint density at radius 1 is 0.938 bits per heavy atom. The molecule has 0 bridgehead atoms. The first kappa shape index (κ1) is 23.9. The number of carboxylic acids is 1. The fourth-order valence-corrected chi connectivity index (χ4v) is 4.45. The number of aromatic nitrogens is 1. The maximum Gasteiger partial charge on any atom is 0.303 e. The van der Waals surface area contributed by atoms with Gasteiger partial charge in [-0.1, -0.05) is 42.6 Å². The van der Waals surface area contributed by atoms with Gasteiger partial charge in [0.1, 0.15) is 5.75 Å². The second kappa shape index (κ2) is 11.2. The maximum absolute atomic E-state index is 13.0. The van der Waals surface area contributed by atoms with Crippen molar-refractivity contribution in [2.45, 2.75) is 57.8 Å². The predicted octanol–water partition coefficient (Wildman–Crippen LogP) is 6.32. The minimum atomic E-state index is -0.886. The summed E-state index contributed by atoms with van der Waals surface area (Å²) in [6.45, 7) is 0. The van der Waals surface area contributed by atoms with E-state index >= 15 is 0 Å². The lowest BCUT2D eigenvalue weighted by atomic mass is 9.98. The molecule has 0 spiro atoms. The van der Waals surface area contributed by atoms with E-state index in [1.54, 1.807) is 6.07 Å². The zero-order chi connectivity index (χ0) is 23.1. The Labute approximate surface area is 193 Å². The van der Waals surface area contributed by atoms with Crippen molar-refractivity contribution in [3.8, 4) is 5.75 Å². The fourth-order valence-electron chi connectivity index (χ4n) is 4.28. The van der Waals surface area contributed by atoms with Crippen molar-refractivity contribution in [2.75, 3.05) is 0 Å². The Balaban J connectivity index is 1.65. The number of aryl methyl sites for hydroxylation is 2. The Kier molecular flexibility index (Phi) is 8.34. The number of hydrogen-bond acceptors (Lipinski definition) is 3. The lowest BCUT2D eigenvalue weighted by molar-refractivity contribution is -0.137. The number of nitrogens with zero attached hydrogens (tertiary/aromatic N) is 1. The van der Waals surface area contributed by atoms with Gasteiger partial charge in [-0.3, -0.25) is 9.59 Å². The van der Waals surface area contributed by atoms with Crippen LogP contribution in [-0.4, -0.2) is 26.5 Å². The van der Waals surface area contributed by atoms with Gasteiger partial charge in [-0.15, -0.1) is 0 Å². The number of ketones is 1. The molecule has 0 saturated carbocycles. The van der Waals surface area contributed by atoms with E-state index in [1.165, 1.54) is 0 Å². The molecule has 0 atom stereocenters. The Morgan fingerprint density at radius 2 is 1.66 bits per heavy atom. The summed E-state index contributed by atoms with van der Waals surface area (Å²) in [5, 5.41) is 20.2. The van der Waals surface area contributed by atoms with E-state index in [-0.39, 0.29) is 18.6 Å². The van der Waals surface area contributed by atoms with Crippen molar-refractivity contribution >= 4 is 34.3 Å². The highest BCUT2D eigenvalue weighted by Gasteiger charge is 2.21. The largest absolute Gasteiger partial charge is 0.508 e. The van der Waals surface area contributed by atoms with E-state index in [0.717, 1.165) is 60.7 Å². The van der Waals surface area contributed by atoms with Crippen molar-refractivity contribution in [1.82, 2.24) is 4.57 Å². The summed E-state index contributed by atoms with van der Waals surface area (Å²) < 4.78 is 2.07. The molecule has 1 heterocycles. The molecule has 3 rings (SSSR count). The van der Waals surface area contributed by atoms with Crippen LogP contribution in [0.3, 0.4) is 0 Å². The molecule has 1 aromatic heterocycles. The number of carbonyl (C=O) groups excluding carboxylic acids is 1. The third-order valence-corrected chi connectivity index (χ3v) is 6.19. The molecule has 0 saturated heterocycles. The number of phenols is 1. The number of phenolic OH excluding ortho intramolecular Hbond substituents is 1. The van der Waals surface area contributed by atoms with Crippen LogP contribution in [-0.2, 0) is 24.7 Å². The van der Waals surface area contributed by atoms with Gasteiger partial charge in [-0.2, -0.15) is 0 Å². The number of halogens is 1. The lowest BCUT2D eigenvalue weighted by Crippen LogP contribution is -2.07. The van der Waals surface area contributed by atoms with Crippen LogP contribution in [0, 0.1) is 0 Å². The molecule has 170 valence electrons. The molecular weight excluding hydrogens is 426 g/mol. The van der Waals surface area contributed by atoms with Gasteiger partial charge in [0.2, 0.25) is 0 Å². The van der Waals surface area contributed by atoms with Crippen molar-refractivity contribution in [3.63, 3.8) is 0 Å². The van der Waals surface area contributed by atoms with E-state index in [4.69, 9.17) is 16.7 Å². The molecule has 0 radical (unpaired) electrons. The number of fused-ring (bicyclic) bond motifs is 1. The van der Waals surface area contributed by atoms with Crippen LogP contribution in [0.5, 0.6) is 5.75 Å². The van der Waals surface area contributed by atoms with Gasteiger partial charge >= 0.3 is 5.97 Å². The predicted molar refractivity (Wildman–Crippen MR) is 128 cm³/mol. The van der Waals surface area contributed by atoms with Crippen LogP contribution < -0.4 is 0 Å². The molecular formula is C26H30ClNO4. The first-order valence-corrected chi connectivity index (χ1v) is 11.5. The van der Waals surface area contributed by atoms with Gasteiger partial charge in [0.05, 0.1) is 0 Å². The van der Waals surface area contributed by atoms with Gasteiger partial charge in [0.25, 0.3) is 0 Å². The van der Waals surface area contributed by atoms with Crippen molar-refractivity contribution in [3.05, 3.63) is 64.3 Å². The number of rotatable bonds is 12. The molecule has 0 aliphatic rings. The molecule has 6 heteroatoms. The van der Waals surface area contributed by atoms with E-state index in [0.29, 0.717) is 22.8 Å². The average Bonchev–Trinajstić information content (AvgIpc) is 3.02. The van der Waals surface area contributed by atoms with Crippen LogP contribution in [0.25, 0.3) is 10.9 Å². The summed E-state index contributed by atoms with van der Waals surface area (Å²) in [6, 6.07) is 13.0. The van der Waals surface area contributed by atoms with Crippen LogP contribution in [0.2, 0.25) is 5.02 Å². The summed E-state index contributed by atoms with van der Waals surface area (Å²) in [5.41, 5.74) is 3.62. The molecule has 0 aliphatic carbocycles.